The monoisotopic (exact) mass is 776 g/mol. The van der Waals surface area contributed by atoms with Crippen LogP contribution < -0.4 is 10.6 Å². The number of carbonyl (C=O) groups is 3. The van der Waals surface area contributed by atoms with E-state index >= 15 is 0 Å². The zero-order chi connectivity index (χ0) is 39.2. The predicted molar refractivity (Wildman–Crippen MR) is 197 cm³/mol. The summed E-state index contributed by atoms with van der Waals surface area (Å²) in [5, 5.41) is 5.38. The molecule has 0 atom stereocenters. The molecule has 0 radical (unpaired) electrons. The highest BCUT2D eigenvalue weighted by Crippen LogP contribution is 2.06. The first-order valence-corrected chi connectivity index (χ1v) is 18.5. The molecule has 312 valence electrons. The van der Waals surface area contributed by atoms with Crippen molar-refractivity contribution in [3.8, 4) is 0 Å². The second-order valence-electron chi connectivity index (χ2n) is 12.2. The van der Waals surface area contributed by atoms with Gasteiger partial charge in [-0.2, -0.15) is 0 Å². The van der Waals surface area contributed by atoms with Crippen LogP contribution in [0, 0.1) is 0 Å². The fraction of sp³-hybridized carbons (Fsp3) is 0.757. The number of nitrogens with one attached hydrogen (secondary N) is 2. The molecule has 0 saturated heterocycles. The van der Waals surface area contributed by atoms with Gasteiger partial charge in [0.1, 0.15) is 11.9 Å². The first-order chi connectivity index (χ1) is 26.3. The lowest BCUT2D eigenvalue weighted by Gasteiger charge is -2.19. The van der Waals surface area contributed by atoms with E-state index < -0.39 is 11.7 Å². The summed E-state index contributed by atoms with van der Waals surface area (Å²) in [5.74, 6) is -0.215. The van der Waals surface area contributed by atoms with Crippen molar-refractivity contribution in [3.63, 3.8) is 0 Å². The average Bonchev–Trinajstić information content (AvgIpc) is 3.15. The lowest BCUT2D eigenvalue weighted by Crippen LogP contribution is -2.34. The highest BCUT2D eigenvalue weighted by atomic mass is 16.6. The number of hydrogen-bond acceptors (Lipinski definition) is 15. The van der Waals surface area contributed by atoms with E-state index in [2.05, 4.69) is 10.6 Å². The third-order valence-electron chi connectivity index (χ3n) is 6.48. The van der Waals surface area contributed by atoms with Crippen LogP contribution in [0.2, 0.25) is 0 Å². The molecule has 0 aliphatic carbocycles. The highest BCUT2D eigenvalue weighted by molar-refractivity contribution is 5.94. The second kappa shape index (κ2) is 35.9. The van der Waals surface area contributed by atoms with Crippen molar-refractivity contribution in [2.24, 2.45) is 0 Å². The Labute approximate surface area is 320 Å². The molecule has 1 aromatic rings. The van der Waals surface area contributed by atoms with Gasteiger partial charge in [-0.25, -0.2) is 4.79 Å². The van der Waals surface area contributed by atoms with Crippen molar-refractivity contribution in [3.05, 3.63) is 35.4 Å². The maximum absolute atomic E-state index is 12.0. The molecular formula is C37H64N2O15. The number of alkyl carbamates (subject to hydrolysis) is 1. The van der Waals surface area contributed by atoms with E-state index in [-0.39, 0.29) is 5.91 Å². The Bertz CT molecular complexity index is 1030. The summed E-state index contributed by atoms with van der Waals surface area (Å²) in [4.78, 5) is 34.2. The van der Waals surface area contributed by atoms with Crippen LogP contribution in [0.25, 0.3) is 0 Å². The Hall–Kier alpha value is -2.81. The Morgan fingerprint density at radius 2 is 0.741 bits per heavy atom. The van der Waals surface area contributed by atoms with Gasteiger partial charge in [-0.05, 0) is 32.9 Å². The molecule has 0 aliphatic heterocycles. The Balaban J connectivity index is 1.66. The van der Waals surface area contributed by atoms with Crippen molar-refractivity contribution in [2.45, 2.75) is 26.4 Å². The van der Waals surface area contributed by atoms with E-state index in [1.807, 2.05) is 20.8 Å². The summed E-state index contributed by atoms with van der Waals surface area (Å²) in [7, 11) is 0. The lowest BCUT2D eigenvalue weighted by atomic mass is 10.1. The molecule has 0 aliphatic rings. The standard InChI is InChI=1S/C37H64N2O15/c1-37(2,3)54-36(42)39-9-11-44-13-15-46-17-19-48-21-23-50-25-27-52-29-31-53-30-28-51-26-24-49-22-20-47-18-16-45-14-12-43-10-8-38-35(41)34-6-4-33(32-40)5-7-34/h4-7,32H,8-31H2,1-3H3,(H,38,41)(H,39,42). The van der Waals surface area contributed by atoms with Gasteiger partial charge in [-0.3, -0.25) is 9.59 Å². The van der Waals surface area contributed by atoms with Gasteiger partial charge in [0.2, 0.25) is 0 Å². The normalized spacial score (nSPS) is 11.5. The van der Waals surface area contributed by atoms with Gasteiger partial charge >= 0.3 is 6.09 Å². The van der Waals surface area contributed by atoms with Gasteiger partial charge in [0.05, 0.1) is 145 Å². The second-order valence-corrected chi connectivity index (χ2v) is 12.2. The van der Waals surface area contributed by atoms with E-state index in [0.29, 0.717) is 170 Å². The zero-order valence-corrected chi connectivity index (χ0v) is 32.5. The average molecular weight is 777 g/mol. The number of aldehydes is 1. The summed E-state index contributed by atoms with van der Waals surface area (Å²) in [6.45, 7) is 16.2. The topological polar surface area (TPSA) is 186 Å². The molecule has 17 nitrogen and oxygen atoms in total. The smallest absolute Gasteiger partial charge is 0.407 e. The lowest BCUT2D eigenvalue weighted by molar-refractivity contribution is -0.0274. The van der Waals surface area contributed by atoms with E-state index in [1.165, 1.54) is 0 Å². The van der Waals surface area contributed by atoms with Crippen molar-refractivity contribution in [1.29, 1.82) is 0 Å². The SMILES string of the molecule is CC(C)(C)OC(=O)NCCOCCOCCOCCOCCOCCOCCOCCOCCOCCOCCOCCNC(=O)c1ccc(C=O)cc1. The summed E-state index contributed by atoms with van der Waals surface area (Å²) in [6.07, 6.45) is 0.276. The first-order valence-electron chi connectivity index (χ1n) is 18.5. The molecular weight excluding hydrogens is 712 g/mol. The third-order valence-corrected chi connectivity index (χ3v) is 6.48. The van der Waals surface area contributed by atoms with Gasteiger partial charge in [0.15, 0.2) is 0 Å². The van der Waals surface area contributed by atoms with Gasteiger partial charge in [0.25, 0.3) is 5.91 Å². The summed E-state index contributed by atoms with van der Waals surface area (Å²) in [6, 6.07) is 6.41. The third kappa shape index (κ3) is 33.7. The number of amides is 2. The Morgan fingerprint density at radius 3 is 1.02 bits per heavy atom. The fourth-order valence-electron chi connectivity index (χ4n) is 3.89. The molecule has 0 fully saturated rings. The number of ether oxygens (including phenoxy) is 12. The highest BCUT2D eigenvalue weighted by Gasteiger charge is 2.15. The number of hydrogen-bond donors (Lipinski definition) is 2. The van der Waals surface area contributed by atoms with Crippen LogP contribution >= 0.6 is 0 Å². The number of carbonyl (C=O) groups excluding carboxylic acids is 3. The van der Waals surface area contributed by atoms with Crippen LogP contribution in [0.3, 0.4) is 0 Å². The summed E-state index contributed by atoms with van der Waals surface area (Å²) >= 11 is 0. The molecule has 0 aromatic heterocycles. The van der Waals surface area contributed by atoms with Crippen LogP contribution in [0.4, 0.5) is 4.79 Å². The molecule has 0 unspecified atom stereocenters. The van der Waals surface area contributed by atoms with Crippen LogP contribution in [-0.2, 0) is 56.8 Å². The minimum Gasteiger partial charge on any atom is -0.444 e. The van der Waals surface area contributed by atoms with Crippen molar-refractivity contribution in [1.82, 2.24) is 10.6 Å². The zero-order valence-electron chi connectivity index (χ0n) is 32.5. The largest absolute Gasteiger partial charge is 0.444 e. The number of rotatable bonds is 38. The van der Waals surface area contributed by atoms with Crippen LogP contribution in [0.5, 0.6) is 0 Å². The van der Waals surface area contributed by atoms with E-state index in [0.717, 1.165) is 6.29 Å². The maximum atomic E-state index is 12.0. The minimum absolute atomic E-state index is 0.215. The molecule has 0 heterocycles. The van der Waals surface area contributed by atoms with Gasteiger partial charge < -0.3 is 67.5 Å². The van der Waals surface area contributed by atoms with Crippen LogP contribution in [0.15, 0.2) is 24.3 Å². The molecule has 17 heteroatoms. The molecule has 0 bridgehead atoms. The van der Waals surface area contributed by atoms with Gasteiger partial charge in [-0.15, -0.1) is 0 Å². The van der Waals surface area contributed by atoms with Crippen LogP contribution in [0.1, 0.15) is 41.5 Å². The minimum atomic E-state index is -0.518. The van der Waals surface area contributed by atoms with E-state index in [4.69, 9.17) is 56.8 Å². The maximum Gasteiger partial charge on any atom is 0.407 e. The Morgan fingerprint density at radius 1 is 0.463 bits per heavy atom. The van der Waals surface area contributed by atoms with Gasteiger partial charge in [0, 0.05) is 24.2 Å². The molecule has 1 aromatic carbocycles. The molecule has 0 spiro atoms. The molecule has 0 saturated carbocycles. The first kappa shape index (κ1) is 49.2. The Kier molecular flexibility index (Phi) is 32.7. The molecule has 2 N–H and O–H groups in total. The van der Waals surface area contributed by atoms with E-state index in [9.17, 15) is 14.4 Å². The summed E-state index contributed by atoms with van der Waals surface area (Å²) in [5.41, 5.74) is 0.498. The van der Waals surface area contributed by atoms with Crippen molar-refractivity contribution >= 4 is 18.3 Å². The molecule has 2 amide bonds. The van der Waals surface area contributed by atoms with Crippen LogP contribution in [-0.4, -0.2) is 182 Å². The number of benzene rings is 1. The fourth-order valence-corrected chi connectivity index (χ4v) is 3.89. The predicted octanol–water partition coefficient (Wildman–Crippen LogP) is 1.94. The molecule has 54 heavy (non-hydrogen) atoms. The van der Waals surface area contributed by atoms with Crippen molar-refractivity contribution < 1.29 is 71.2 Å². The molecule has 1 rings (SSSR count). The van der Waals surface area contributed by atoms with Crippen molar-refractivity contribution in [2.75, 3.05) is 158 Å². The summed E-state index contributed by atoms with van der Waals surface area (Å²) < 4.78 is 65.2. The quantitative estimate of drug-likeness (QED) is 0.0733. The van der Waals surface area contributed by atoms with Gasteiger partial charge in [-0.1, -0.05) is 12.1 Å². The van der Waals surface area contributed by atoms with E-state index in [1.54, 1.807) is 24.3 Å².